The molecule has 0 bridgehead atoms. The SMILES string of the molecule is CC1(C)Cc2c(ccn2CCC2CCCCC2)C(N)C1. The van der Waals surface area contributed by atoms with Crippen molar-refractivity contribution in [3.63, 3.8) is 0 Å². The number of fused-ring (bicyclic) bond motifs is 1. The van der Waals surface area contributed by atoms with Crippen LogP contribution < -0.4 is 5.73 Å². The van der Waals surface area contributed by atoms with Crippen LogP contribution in [0.15, 0.2) is 12.3 Å². The van der Waals surface area contributed by atoms with E-state index in [1.807, 2.05) is 0 Å². The van der Waals surface area contributed by atoms with E-state index in [1.165, 1.54) is 62.7 Å². The highest BCUT2D eigenvalue weighted by Gasteiger charge is 2.32. The van der Waals surface area contributed by atoms with Crippen LogP contribution in [0.3, 0.4) is 0 Å². The molecule has 0 amide bonds. The van der Waals surface area contributed by atoms with E-state index in [4.69, 9.17) is 5.73 Å². The summed E-state index contributed by atoms with van der Waals surface area (Å²) in [5.41, 5.74) is 9.64. The Balaban J connectivity index is 1.69. The second kappa shape index (κ2) is 5.55. The molecule has 20 heavy (non-hydrogen) atoms. The number of aromatic nitrogens is 1. The standard InChI is InChI=1S/C18H30N2/c1-18(2)12-16(19)15-9-11-20(17(15)13-18)10-8-14-6-4-3-5-7-14/h9,11,14,16H,3-8,10,12-13,19H2,1-2H3. The van der Waals surface area contributed by atoms with Crippen molar-refractivity contribution in [1.29, 1.82) is 0 Å². The maximum atomic E-state index is 6.36. The van der Waals surface area contributed by atoms with Gasteiger partial charge in [-0.3, -0.25) is 0 Å². The Morgan fingerprint density at radius 3 is 2.75 bits per heavy atom. The zero-order valence-electron chi connectivity index (χ0n) is 13.2. The first-order valence-corrected chi connectivity index (χ1v) is 8.49. The lowest BCUT2D eigenvalue weighted by Gasteiger charge is -2.34. The van der Waals surface area contributed by atoms with Crippen molar-refractivity contribution in [2.45, 2.75) is 77.8 Å². The Morgan fingerprint density at radius 2 is 2.00 bits per heavy atom. The summed E-state index contributed by atoms with van der Waals surface area (Å²) in [5, 5.41) is 0. The lowest BCUT2D eigenvalue weighted by Crippen LogP contribution is -2.30. The smallest absolute Gasteiger partial charge is 0.0318 e. The third-order valence-corrected chi connectivity index (χ3v) is 5.43. The Morgan fingerprint density at radius 1 is 1.25 bits per heavy atom. The number of hydrogen-bond acceptors (Lipinski definition) is 1. The third-order valence-electron chi connectivity index (χ3n) is 5.43. The quantitative estimate of drug-likeness (QED) is 0.868. The van der Waals surface area contributed by atoms with Gasteiger partial charge in [-0.25, -0.2) is 0 Å². The van der Waals surface area contributed by atoms with Crippen LogP contribution in [0, 0.1) is 11.3 Å². The van der Waals surface area contributed by atoms with E-state index in [9.17, 15) is 0 Å². The van der Waals surface area contributed by atoms with Gasteiger partial charge in [0.2, 0.25) is 0 Å². The molecule has 112 valence electrons. The van der Waals surface area contributed by atoms with E-state index in [1.54, 1.807) is 0 Å². The first kappa shape index (κ1) is 14.2. The highest BCUT2D eigenvalue weighted by molar-refractivity contribution is 5.30. The number of nitrogens with zero attached hydrogens (tertiary/aromatic N) is 1. The highest BCUT2D eigenvalue weighted by atomic mass is 15.0. The number of hydrogen-bond donors (Lipinski definition) is 1. The summed E-state index contributed by atoms with van der Waals surface area (Å²) in [6.45, 7) is 5.91. The summed E-state index contributed by atoms with van der Waals surface area (Å²) in [7, 11) is 0. The normalized spacial score (nSPS) is 26.4. The molecule has 2 N–H and O–H groups in total. The molecule has 2 heteroatoms. The van der Waals surface area contributed by atoms with E-state index in [-0.39, 0.29) is 6.04 Å². The van der Waals surface area contributed by atoms with E-state index in [0.717, 1.165) is 12.3 Å². The van der Waals surface area contributed by atoms with Crippen molar-refractivity contribution in [3.8, 4) is 0 Å². The number of aryl methyl sites for hydroxylation is 1. The summed E-state index contributed by atoms with van der Waals surface area (Å²) in [4.78, 5) is 0. The van der Waals surface area contributed by atoms with Crippen molar-refractivity contribution >= 4 is 0 Å². The first-order valence-electron chi connectivity index (χ1n) is 8.49. The molecule has 1 saturated carbocycles. The van der Waals surface area contributed by atoms with Crippen LogP contribution >= 0.6 is 0 Å². The maximum absolute atomic E-state index is 6.36. The van der Waals surface area contributed by atoms with Gasteiger partial charge in [-0.05, 0) is 42.2 Å². The second-order valence-electron chi connectivity index (χ2n) is 7.86. The molecule has 0 aliphatic heterocycles. The van der Waals surface area contributed by atoms with Crippen molar-refractivity contribution < 1.29 is 0 Å². The number of nitrogens with two attached hydrogens (primary N) is 1. The van der Waals surface area contributed by atoms with Gasteiger partial charge in [0, 0.05) is 24.5 Å². The predicted octanol–water partition coefficient (Wildman–Crippen LogP) is 4.43. The Hall–Kier alpha value is -0.760. The van der Waals surface area contributed by atoms with Crippen LogP contribution in [0.1, 0.15) is 76.1 Å². The van der Waals surface area contributed by atoms with Crippen molar-refractivity contribution in [2.24, 2.45) is 17.1 Å². The van der Waals surface area contributed by atoms with Crippen molar-refractivity contribution in [3.05, 3.63) is 23.5 Å². The molecule has 1 fully saturated rings. The Bertz CT molecular complexity index is 452. The zero-order valence-corrected chi connectivity index (χ0v) is 13.2. The second-order valence-corrected chi connectivity index (χ2v) is 7.86. The summed E-state index contributed by atoms with van der Waals surface area (Å²) in [6, 6.07) is 2.51. The van der Waals surface area contributed by atoms with Gasteiger partial charge in [-0.15, -0.1) is 0 Å². The van der Waals surface area contributed by atoms with Gasteiger partial charge in [0.25, 0.3) is 0 Å². The van der Waals surface area contributed by atoms with Crippen LogP contribution in [-0.4, -0.2) is 4.57 Å². The lowest BCUT2D eigenvalue weighted by atomic mass is 9.74. The van der Waals surface area contributed by atoms with E-state index >= 15 is 0 Å². The molecule has 1 atom stereocenters. The summed E-state index contributed by atoms with van der Waals surface area (Å²) in [5.74, 6) is 0.965. The van der Waals surface area contributed by atoms with Crippen molar-refractivity contribution in [2.75, 3.05) is 0 Å². The van der Waals surface area contributed by atoms with E-state index in [0.29, 0.717) is 5.41 Å². The summed E-state index contributed by atoms with van der Waals surface area (Å²) in [6.07, 6.45) is 13.2. The molecule has 0 aromatic carbocycles. The van der Waals surface area contributed by atoms with E-state index in [2.05, 4.69) is 30.7 Å². The fourth-order valence-electron chi connectivity index (χ4n) is 4.30. The highest BCUT2D eigenvalue weighted by Crippen LogP contribution is 2.40. The largest absolute Gasteiger partial charge is 0.351 e. The molecular formula is C18H30N2. The Labute approximate surface area is 123 Å². The Kier molecular flexibility index (Phi) is 3.94. The zero-order chi connectivity index (χ0) is 14.2. The average Bonchev–Trinajstić information content (AvgIpc) is 2.79. The molecule has 1 unspecified atom stereocenters. The van der Waals surface area contributed by atoms with Crippen LogP contribution in [0.2, 0.25) is 0 Å². The molecule has 1 aromatic heterocycles. The monoisotopic (exact) mass is 274 g/mol. The van der Waals surface area contributed by atoms with Gasteiger partial charge in [0.15, 0.2) is 0 Å². The van der Waals surface area contributed by atoms with Crippen molar-refractivity contribution in [1.82, 2.24) is 4.57 Å². The van der Waals surface area contributed by atoms with E-state index < -0.39 is 0 Å². The first-order chi connectivity index (χ1) is 9.55. The molecule has 0 spiro atoms. The van der Waals surface area contributed by atoms with Crippen LogP contribution in [0.5, 0.6) is 0 Å². The molecule has 1 heterocycles. The van der Waals surface area contributed by atoms with Crippen LogP contribution in [0.25, 0.3) is 0 Å². The molecule has 3 rings (SSSR count). The van der Waals surface area contributed by atoms with Gasteiger partial charge in [0.1, 0.15) is 0 Å². The molecule has 2 aliphatic rings. The molecule has 2 nitrogen and oxygen atoms in total. The fourth-order valence-corrected chi connectivity index (χ4v) is 4.30. The molecule has 0 saturated heterocycles. The predicted molar refractivity (Wildman–Crippen MR) is 84.7 cm³/mol. The van der Waals surface area contributed by atoms with Gasteiger partial charge >= 0.3 is 0 Å². The van der Waals surface area contributed by atoms with Gasteiger partial charge in [-0.1, -0.05) is 46.0 Å². The summed E-state index contributed by atoms with van der Waals surface area (Å²) < 4.78 is 2.50. The lowest BCUT2D eigenvalue weighted by molar-refractivity contribution is 0.271. The summed E-state index contributed by atoms with van der Waals surface area (Å²) >= 11 is 0. The molecular weight excluding hydrogens is 244 g/mol. The molecule has 2 aliphatic carbocycles. The fraction of sp³-hybridized carbons (Fsp3) is 0.778. The molecule has 0 radical (unpaired) electrons. The topological polar surface area (TPSA) is 30.9 Å². The van der Waals surface area contributed by atoms with Crippen LogP contribution in [0.4, 0.5) is 0 Å². The average molecular weight is 274 g/mol. The minimum atomic E-state index is 0.240. The number of rotatable bonds is 3. The minimum Gasteiger partial charge on any atom is -0.351 e. The molecule has 1 aromatic rings. The minimum absolute atomic E-state index is 0.240. The van der Waals surface area contributed by atoms with Gasteiger partial charge < -0.3 is 10.3 Å². The third kappa shape index (κ3) is 2.95. The maximum Gasteiger partial charge on any atom is 0.0318 e. The van der Waals surface area contributed by atoms with Gasteiger partial charge in [0.05, 0.1) is 0 Å². The van der Waals surface area contributed by atoms with Gasteiger partial charge in [-0.2, -0.15) is 0 Å². The van der Waals surface area contributed by atoms with Crippen LogP contribution in [-0.2, 0) is 13.0 Å².